The molecule has 2 aliphatic rings. The highest BCUT2D eigenvalue weighted by molar-refractivity contribution is 7.99. The normalized spacial score (nSPS) is 19.6. The molecule has 0 aliphatic carbocycles. The van der Waals surface area contributed by atoms with Crippen molar-refractivity contribution in [3.8, 4) is 0 Å². The van der Waals surface area contributed by atoms with E-state index in [1.54, 1.807) is 18.2 Å². The highest BCUT2D eigenvalue weighted by atomic mass is 32.2. The second-order valence-corrected chi connectivity index (χ2v) is 9.58. The Balaban J connectivity index is 1.32. The van der Waals surface area contributed by atoms with Crippen LogP contribution in [0.15, 0.2) is 65.7 Å². The van der Waals surface area contributed by atoms with Crippen molar-refractivity contribution in [1.29, 1.82) is 0 Å². The van der Waals surface area contributed by atoms with E-state index in [1.807, 2.05) is 30.3 Å². The van der Waals surface area contributed by atoms with Crippen molar-refractivity contribution in [1.82, 2.24) is 15.8 Å². The molecular formula is C25H27FN4O4S. The van der Waals surface area contributed by atoms with Crippen molar-refractivity contribution in [3.63, 3.8) is 0 Å². The molecule has 0 bridgehead atoms. The Hall–Kier alpha value is -3.53. The molecule has 1 unspecified atom stereocenters. The van der Waals surface area contributed by atoms with Crippen molar-refractivity contribution in [2.75, 3.05) is 24.2 Å². The van der Waals surface area contributed by atoms with Crippen LogP contribution in [0.2, 0.25) is 0 Å². The number of likely N-dealkylation sites (tertiary alicyclic amines) is 1. The van der Waals surface area contributed by atoms with Gasteiger partial charge in [0, 0.05) is 29.2 Å². The second-order valence-electron chi connectivity index (χ2n) is 8.45. The summed E-state index contributed by atoms with van der Waals surface area (Å²) >= 11 is 1.54. The third-order valence-corrected chi connectivity index (χ3v) is 6.95. The lowest BCUT2D eigenvalue weighted by Gasteiger charge is -2.38. The van der Waals surface area contributed by atoms with Crippen molar-refractivity contribution in [2.24, 2.45) is 0 Å². The van der Waals surface area contributed by atoms with E-state index in [9.17, 15) is 14.4 Å². The summed E-state index contributed by atoms with van der Waals surface area (Å²) in [5.74, 6) is 0.0565. The topological polar surface area (TPSA) is 99.8 Å². The van der Waals surface area contributed by atoms with Crippen LogP contribution in [0.5, 0.6) is 0 Å². The summed E-state index contributed by atoms with van der Waals surface area (Å²) in [6.45, 7) is 4.00. The molecule has 1 saturated heterocycles. The molecule has 8 nitrogen and oxygen atoms in total. The van der Waals surface area contributed by atoms with Gasteiger partial charge in [-0.2, -0.15) is 0 Å². The standard InChI is InChI=1S/C25H27FN4O4S/c1-17(28-29-23(32)19-8-9-21-20(14-19)27-22(31)10-13-35-21)25(26)11-5-12-30(16-25)24(33)34-15-18-6-3-2-4-7-18/h2-4,6-9,14,28H,1,5,10-13,15-16H2,(H,27,31)(H,29,32). The molecule has 3 amide bonds. The number of hydrogen-bond acceptors (Lipinski definition) is 6. The Morgan fingerprint density at radius 1 is 1.20 bits per heavy atom. The Morgan fingerprint density at radius 3 is 2.80 bits per heavy atom. The number of piperidine rings is 1. The first-order chi connectivity index (χ1) is 16.8. The Kier molecular flexibility index (Phi) is 7.60. The highest BCUT2D eigenvalue weighted by Gasteiger charge is 2.40. The van der Waals surface area contributed by atoms with Crippen molar-refractivity contribution >= 4 is 35.4 Å². The lowest BCUT2D eigenvalue weighted by molar-refractivity contribution is -0.115. The van der Waals surface area contributed by atoms with E-state index in [-0.39, 0.29) is 31.2 Å². The zero-order valence-corrected chi connectivity index (χ0v) is 20.0. The van der Waals surface area contributed by atoms with Crippen LogP contribution in [0.25, 0.3) is 0 Å². The summed E-state index contributed by atoms with van der Waals surface area (Å²) in [4.78, 5) is 39.1. The SMILES string of the molecule is C=C(NNC(=O)c1ccc2c(c1)NC(=O)CCS2)C1(F)CCCN(C(=O)OCc2ccccc2)C1. The lowest BCUT2D eigenvalue weighted by Crippen LogP contribution is -2.53. The summed E-state index contributed by atoms with van der Waals surface area (Å²) in [6, 6.07) is 14.2. The van der Waals surface area contributed by atoms with Crippen molar-refractivity contribution in [2.45, 2.75) is 36.4 Å². The number of thioether (sulfide) groups is 1. The van der Waals surface area contributed by atoms with Crippen LogP contribution in [-0.2, 0) is 16.1 Å². The Bertz CT molecular complexity index is 1130. The van der Waals surface area contributed by atoms with Crippen LogP contribution >= 0.6 is 11.8 Å². The summed E-state index contributed by atoms with van der Waals surface area (Å²) in [7, 11) is 0. The number of alkyl halides is 1. The van der Waals surface area contributed by atoms with E-state index in [0.717, 1.165) is 10.5 Å². The number of amides is 3. The molecule has 0 spiro atoms. The second kappa shape index (κ2) is 10.8. The minimum absolute atomic E-state index is 0.0509. The number of nitrogens with zero attached hydrogens (tertiary/aromatic N) is 1. The van der Waals surface area contributed by atoms with Gasteiger partial charge in [0.15, 0.2) is 5.67 Å². The van der Waals surface area contributed by atoms with Crippen LogP contribution in [0.4, 0.5) is 14.9 Å². The first-order valence-corrected chi connectivity index (χ1v) is 12.3. The van der Waals surface area contributed by atoms with E-state index in [0.29, 0.717) is 36.4 Å². The smallest absolute Gasteiger partial charge is 0.410 e. The number of anilines is 1. The number of carbonyl (C=O) groups is 3. The van der Waals surface area contributed by atoms with Gasteiger partial charge < -0.3 is 15.0 Å². The molecule has 1 fully saturated rings. The van der Waals surface area contributed by atoms with E-state index in [4.69, 9.17) is 4.74 Å². The minimum Gasteiger partial charge on any atom is -0.445 e. The number of hydrazine groups is 1. The number of nitrogens with one attached hydrogen (secondary N) is 3. The first-order valence-electron chi connectivity index (χ1n) is 11.3. The largest absolute Gasteiger partial charge is 0.445 e. The zero-order chi connectivity index (χ0) is 24.8. The van der Waals surface area contributed by atoms with E-state index in [1.165, 1.54) is 16.7 Å². The van der Waals surface area contributed by atoms with Gasteiger partial charge in [-0.25, -0.2) is 9.18 Å². The molecule has 35 heavy (non-hydrogen) atoms. The van der Waals surface area contributed by atoms with Gasteiger partial charge in [0.2, 0.25) is 5.91 Å². The molecule has 2 aromatic rings. The molecule has 0 radical (unpaired) electrons. The van der Waals surface area contributed by atoms with Crippen LogP contribution in [0.3, 0.4) is 0 Å². The molecule has 184 valence electrons. The molecule has 2 aromatic carbocycles. The zero-order valence-electron chi connectivity index (χ0n) is 19.1. The Labute approximate surface area is 207 Å². The first kappa shape index (κ1) is 24.6. The summed E-state index contributed by atoms with van der Waals surface area (Å²) < 4.78 is 21.0. The number of carbonyl (C=O) groups excluding carboxylic acids is 3. The predicted octanol–water partition coefficient (Wildman–Crippen LogP) is 4.01. The maximum absolute atomic E-state index is 15.7. The minimum atomic E-state index is -1.93. The predicted molar refractivity (Wildman–Crippen MR) is 131 cm³/mol. The third kappa shape index (κ3) is 6.13. The van der Waals surface area contributed by atoms with Gasteiger partial charge in [-0.05, 0) is 36.6 Å². The van der Waals surface area contributed by atoms with Gasteiger partial charge in [0.05, 0.1) is 17.9 Å². The number of ether oxygens (including phenoxy) is 1. The maximum Gasteiger partial charge on any atom is 0.410 e. The number of rotatable bonds is 6. The van der Waals surface area contributed by atoms with Crippen molar-refractivity contribution < 1.29 is 23.5 Å². The molecule has 1 atom stereocenters. The van der Waals surface area contributed by atoms with Gasteiger partial charge >= 0.3 is 6.09 Å². The summed E-state index contributed by atoms with van der Waals surface area (Å²) in [6.07, 6.45) is 0.377. The van der Waals surface area contributed by atoms with E-state index in [2.05, 4.69) is 22.7 Å². The number of fused-ring (bicyclic) bond motifs is 1. The fourth-order valence-corrected chi connectivity index (χ4v) is 4.84. The van der Waals surface area contributed by atoms with E-state index >= 15 is 4.39 Å². The average molecular weight is 499 g/mol. The quantitative estimate of drug-likeness (QED) is 0.521. The lowest BCUT2D eigenvalue weighted by atomic mass is 9.92. The molecule has 0 aromatic heterocycles. The van der Waals surface area contributed by atoms with Gasteiger partial charge in [-0.15, -0.1) is 11.8 Å². The third-order valence-electron chi connectivity index (χ3n) is 5.88. The molecule has 4 rings (SSSR count). The van der Waals surface area contributed by atoms with Gasteiger partial charge in [0.1, 0.15) is 6.61 Å². The molecule has 3 N–H and O–H groups in total. The van der Waals surface area contributed by atoms with E-state index < -0.39 is 17.7 Å². The van der Waals surface area contributed by atoms with Crippen LogP contribution < -0.4 is 16.2 Å². The number of hydrogen-bond donors (Lipinski definition) is 3. The van der Waals surface area contributed by atoms with Gasteiger partial charge in [-0.1, -0.05) is 36.9 Å². The summed E-state index contributed by atoms with van der Waals surface area (Å²) in [5.41, 5.74) is 4.76. The number of halogens is 1. The van der Waals surface area contributed by atoms with Crippen molar-refractivity contribution in [3.05, 3.63) is 71.9 Å². The van der Waals surface area contributed by atoms with Crippen LogP contribution in [0.1, 0.15) is 35.2 Å². The van der Waals surface area contributed by atoms with Crippen LogP contribution in [-0.4, -0.2) is 47.3 Å². The molecule has 10 heteroatoms. The fraction of sp³-hybridized carbons (Fsp3) is 0.320. The van der Waals surface area contributed by atoms with Gasteiger partial charge in [-0.3, -0.25) is 20.4 Å². The maximum atomic E-state index is 15.7. The van der Waals surface area contributed by atoms with Gasteiger partial charge in [0.25, 0.3) is 5.91 Å². The number of benzene rings is 2. The highest BCUT2D eigenvalue weighted by Crippen LogP contribution is 2.32. The average Bonchev–Trinajstić information content (AvgIpc) is 3.06. The molecule has 0 saturated carbocycles. The molecule has 2 heterocycles. The molecule has 2 aliphatic heterocycles. The van der Waals surface area contributed by atoms with Crippen LogP contribution in [0, 0.1) is 0 Å². The molecular weight excluding hydrogens is 471 g/mol. The Morgan fingerprint density at radius 2 is 2.00 bits per heavy atom. The fourth-order valence-electron chi connectivity index (χ4n) is 3.90. The monoisotopic (exact) mass is 498 g/mol. The summed E-state index contributed by atoms with van der Waals surface area (Å²) in [5, 5.41) is 2.79.